The van der Waals surface area contributed by atoms with E-state index in [0.717, 1.165) is 17.7 Å². The first kappa shape index (κ1) is 11.4. The van der Waals surface area contributed by atoms with Crippen LogP contribution in [-0.2, 0) is 6.42 Å². The van der Waals surface area contributed by atoms with Gasteiger partial charge in [0.1, 0.15) is 5.75 Å². The molecule has 1 amide bonds. The van der Waals surface area contributed by atoms with Gasteiger partial charge in [0.2, 0.25) is 0 Å². The molecule has 0 unspecified atom stereocenters. The van der Waals surface area contributed by atoms with Gasteiger partial charge in [0.25, 0.3) is 0 Å². The summed E-state index contributed by atoms with van der Waals surface area (Å²) in [6.07, 6.45) is -0.160. The number of carbonyl (C=O) groups is 1. The molecule has 0 spiro atoms. The highest BCUT2D eigenvalue weighted by atomic mass is 16.5. The standard InChI is InChI=1S/C11H15NO3/c1-4-8-7-9(12(2)11(13)14)5-6-10(8)15-3/h5-7H,4H2,1-3H3,(H,13,14). The Morgan fingerprint density at radius 2 is 2.20 bits per heavy atom. The maximum absolute atomic E-state index is 10.7. The molecule has 0 saturated carbocycles. The second-order valence-corrected chi connectivity index (χ2v) is 3.19. The van der Waals surface area contributed by atoms with Crippen molar-refractivity contribution in [3.8, 4) is 5.75 Å². The summed E-state index contributed by atoms with van der Waals surface area (Å²) in [5, 5.41) is 8.82. The van der Waals surface area contributed by atoms with E-state index in [2.05, 4.69) is 0 Å². The molecule has 82 valence electrons. The number of amides is 1. The molecule has 4 nitrogen and oxygen atoms in total. The van der Waals surface area contributed by atoms with Crippen LogP contribution in [0.4, 0.5) is 10.5 Å². The Hall–Kier alpha value is -1.71. The minimum atomic E-state index is -0.970. The van der Waals surface area contributed by atoms with E-state index in [1.54, 1.807) is 19.2 Å². The van der Waals surface area contributed by atoms with Gasteiger partial charge in [0, 0.05) is 12.7 Å². The summed E-state index contributed by atoms with van der Waals surface area (Å²) < 4.78 is 5.17. The highest BCUT2D eigenvalue weighted by molar-refractivity contribution is 5.85. The van der Waals surface area contributed by atoms with Gasteiger partial charge in [-0.3, -0.25) is 4.90 Å². The van der Waals surface area contributed by atoms with Crippen molar-refractivity contribution in [2.24, 2.45) is 0 Å². The van der Waals surface area contributed by atoms with E-state index in [-0.39, 0.29) is 0 Å². The number of aryl methyl sites for hydroxylation is 1. The summed E-state index contributed by atoms with van der Waals surface area (Å²) in [6.45, 7) is 2.00. The molecule has 0 aliphatic carbocycles. The minimum absolute atomic E-state index is 0.653. The lowest BCUT2D eigenvalue weighted by atomic mass is 10.1. The third-order valence-corrected chi connectivity index (χ3v) is 2.32. The lowest BCUT2D eigenvalue weighted by Crippen LogP contribution is -2.23. The van der Waals surface area contributed by atoms with Crippen molar-refractivity contribution in [1.82, 2.24) is 0 Å². The van der Waals surface area contributed by atoms with Crippen LogP contribution < -0.4 is 9.64 Å². The van der Waals surface area contributed by atoms with E-state index in [0.29, 0.717) is 5.69 Å². The van der Waals surface area contributed by atoms with Crippen molar-refractivity contribution < 1.29 is 14.6 Å². The Morgan fingerprint density at radius 1 is 1.53 bits per heavy atom. The zero-order chi connectivity index (χ0) is 11.4. The number of hydrogen-bond acceptors (Lipinski definition) is 2. The van der Waals surface area contributed by atoms with E-state index in [4.69, 9.17) is 9.84 Å². The number of ether oxygens (including phenoxy) is 1. The van der Waals surface area contributed by atoms with Gasteiger partial charge in [-0.15, -0.1) is 0 Å². The van der Waals surface area contributed by atoms with Gasteiger partial charge < -0.3 is 9.84 Å². The molecule has 0 aromatic heterocycles. The number of hydrogen-bond donors (Lipinski definition) is 1. The fraction of sp³-hybridized carbons (Fsp3) is 0.364. The average Bonchev–Trinajstić information content (AvgIpc) is 2.26. The first-order valence-electron chi connectivity index (χ1n) is 4.73. The lowest BCUT2D eigenvalue weighted by Gasteiger charge is -2.15. The Kier molecular flexibility index (Phi) is 3.55. The Bertz CT molecular complexity index is 363. The molecule has 1 aromatic rings. The number of carboxylic acid groups (broad SMARTS) is 1. The van der Waals surface area contributed by atoms with E-state index in [1.165, 1.54) is 11.9 Å². The molecule has 1 aromatic carbocycles. The van der Waals surface area contributed by atoms with Crippen molar-refractivity contribution in [3.63, 3.8) is 0 Å². The van der Waals surface area contributed by atoms with Gasteiger partial charge in [-0.2, -0.15) is 0 Å². The number of methoxy groups -OCH3 is 1. The molecule has 0 fully saturated rings. The number of nitrogens with zero attached hydrogens (tertiary/aromatic N) is 1. The van der Waals surface area contributed by atoms with Gasteiger partial charge in [-0.25, -0.2) is 4.79 Å². The smallest absolute Gasteiger partial charge is 0.411 e. The molecule has 15 heavy (non-hydrogen) atoms. The molecule has 0 radical (unpaired) electrons. The lowest BCUT2D eigenvalue weighted by molar-refractivity contribution is 0.203. The summed E-state index contributed by atoms with van der Waals surface area (Å²) in [5.74, 6) is 0.792. The topological polar surface area (TPSA) is 49.8 Å². The van der Waals surface area contributed by atoms with E-state index in [1.807, 2.05) is 13.0 Å². The largest absolute Gasteiger partial charge is 0.496 e. The third-order valence-electron chi connectivity index (χ3n) is 2.32. The fourth-order valence-electron chi connectivity index (χ4n) is 1.36. The first-order valence-corrected chi connectivity index (χ1v) is 4.73. The molecule has 0 aliphatic rings. The third kappa shape index (κ3) is 2.40. The van der Waals surface area contributed by atoms with Gasteiger partial charge in [0.05, 0.1) is 7.11 Å². The Balaban J connectivity index is 3.07. The maximum atomic E-state index is 10.7. The van der Waals surface area contributed by atoms with E-state index < -0.39 is 6.09 Å². The van der Waals surface area contributed by atoms with Crippen LogP contribution in [0.3, 0.4) is 0 Å². The molecule has 4 heteroatoms. The molecular weight excluding hydrogens is 194 g/mol. The monoisotopic (exact) mass is 209 g/mol. The summed E-state index contributed by atoms with van der Waals surface area (Å²) in [4.78, 5) is 11.9. The molecular formula is C11H15NO3. The minimum Gasteiger partial charge on any atom is -0.496 e. The van der Waals surface area contributed by atoms with Crippen molar-refractivity contribution >= 4 is 11.8 Å². The average molecular weight is 209 g/mol. The van der Waals surface area contributed by atoms with Crippen LogP contribution in [0.15, 0.2) is 18.2 Å². The fourth-order valence-corrected chi connectivity index (χ4v) is 1.36. The van der Waals surface area contributed by atoms with Crippen molar-refractivity contribution in [2.75, 3.05) is 19.1 Å². The summed E-state index contributed by atoms with van der Waals surface area (Å²) in [5.41, 5.74) is 1.66. The number of benzene rings is 1. The molecule has 0 bridgehead atoms. The van der Waals surface area contributed by atoms with Gasteiger partial charge >= 0.3 is 6.09 Å². The summed E-state index contributed by atoms with van der Waals surface area (Å²) in [6, 6.07) is 5.34. The Labute approximate surface area is 89.1 Å². The Morgan fingerprint density at radius 3 is 2.67 bits per heavy atom. The predicted molar refractivity (Wildman–Crippen MR) is 58.8 cm³/mol. The van der Waals surface area contributed by atoms with Crippen LogP contribution in [0.2, 0.25) is 0 Å². The van der Waals surface area contributed by atoms with Crippen molar-refractivity contribution in [1.29, 1.82) is 0 Å². The molecule has 0 heterocycles. The molecule has 1 rings (SSSR count). The van der Waals surface area contributed by atoms with Crippen LogP contribution in [0, 0.1) is 0 Å². The number of rotatable bonds is 3. The molecule has 0 aliphatic heterocycles. The molecule has 0 atom stereocenters. The zero-order valence-corrected chi connectivity index (χ0v) is 9.15. The molecule has 0 saturated heterocycles. The highest BCUT2D eigenvalue weighted by Gasteiger charge is 2.10. The van der Waals surface area contributed by atoms with Gasteiger partial charge in [-0.1, -0.05) is 6.92 Å². The van der Waals surface area contributed by atoms with Crippen molar-refractivity contribution in [2.45, 2.75) is 13.3 Å². The second-order valence-electron chi connectivity index (χ2n) is 3.19. The van der Waals surface area contributed by atoms with Crippen LogP contribution in [-0.4, -0.2) is 25.4 Å². The molecule has 1 N–H and O–H groups in total. The number of anilines is 1. The van der Waals surface area contributed by atoms with Crippen molar-refractivity contribution in [3.05, 3.63) is 23.8 Å². The van der Waals surface area contributed by atoms with Crippen LogP contribution in [0.25, 0.3) is 0 Å². The van der Waals surface area contributed by atoms with E-state index >= 15 is 0 Å². The van der Waals surface area contributed by atoms with Gasteiger partial charge in [-0.05, 0) is 30.2 Å². The van der Waals surface area contributed by atoms with E-state index in [9.17, 15) is 4.79 Å². The first-order chi connectivity index (χ1) is 7.10. The van der Waals surface area contributed by atoms with Gasteiger partial charge in [0.15, 0.2) is 0 Å². The highest BCUT2D eigenvalue weighted by Crippen LogP contribution is 2.24. The summed E-state index contributed by atoms with van der Waals surface area (Å²) >= 11 is 0. The van der Waals surface area contributed by atoms with Crippen LogP contribution in [0.5, 0.6) is 5.75 Å². The SMILES string of the molecule is CCc1cc(N(C)C(=O)O)ccc1OC. The second kappa shape index (κ2) is 4.68. The zero-order valence-electron chi connectivity index (χ0n) is 9.15. The quantitative estimate of drug-likeness (QED) is 0.831. The predicted octanol–water partition coefficient (Wildman–Crippen LogP) is 2.37. The van der Waals surface area contributed by atoms with Crippen LogP contribution >= 0.6 is 0 Å². The maximum Gasteiger partial charge on any atom is 0.411 e. The normalized spacial score (nSPS) is 9.80. The summed E-state index contributed by atoms with van der Waals surface area (Å²) in [7, 11) is 3.12. The van der Waals surface area contributed by atoms with Crippen LogP contribution in [0.1, 0.15) is 12.5 Å².